The Labute approximate surface area is 129 Å². The molecule has 1 aliphatic rings. The van der Waals surface area contributed by atoms with Crippen molar-refractivity contribution in [2.24, 2.45) is 4.99 Å². The van der Waals surface area contributed by atoms with Gasteiger partial charge in [-0.05, 0) is 25.1 Å². The Balaban J connectivity index is 1.95. The van der Waals surface area contributed by atoms with Gasteiger partial charge in [0.05, 0.1) is 5.01 Å². The van der Waals surface area contributed by atoms with Gasteiger partial charge in [-0.25, -0.2) is 4.98 Å². The first-order chi connectivity index (χ1) is 9.63. The number of benzodiazepines with no additional fused rings is 1. The molecule has 0 fully saturated rings. The smallest absolute Gasteiger partial charge is 0.249 e. The van der Waals surface area contributed by atoms with Gasteiger partial charge in [-0.3, -0.25) is 9.79 Å². The van der Waals surface area contributed by atoms with Gasteiger partial charge < -0.3 is 5.32 Å². The van der Waals surface area contributed by atoms with Crippen LogP contribution in [0, 0.1) is 0 Å². The Bertz CT molecular complexity index is 682. The summed E-state index contributed by atoms with van der Waals surface area (Å²) >= 11 is 4.99. The number of hydrogen-bond acceptors (Lipinski definition) is 4. The number of carbonyl (C=O) groups excluding carboxylic acids is 1. The summed E-state index contributed by atoms with van der Waals surface area (Å²) < 4.78 is 0.971. The SMILES string of the molecule is CC1=NC(Cc2nccs2)C(=O)Nc2ccc(Br)cc21. The molecule has 2 aromatic rings. The molecule has 4 nitrogen and oxygen atoms in total. The van der Waals surface area contributed by atoms with Gasteiger partial charge in [-0.2, -0.15) is 0 Å². The first-order valence-electron chi connectivity index (χ1n) is 6.17. The van der Waals surface area contributed by atoms with Crippen LogP contribution in [0.2, 0.25) is 0 Å². The van der Waals surface area contributed by atoms with E-state index in [0.29, 0.717) is 6.42 Å². The average Bonchev–Trinajstić information content (AvgIpc) is 2.89. The van der Waals surface area contributed by atoms with Crippen LogP contribution in [0.25, 0.3) is 0 Å². The van der Waals surface area contributed by atoms with Crippen molar-refractivity contribution in [1.82, 2.24) is 4.98 Å². The molecular weight excluding hydrogens is 338 g/mol. The van der Waals surface area contributed by atoms with Gasteiger partial charge in [0.1, 0.15) is 6.04 Å². The highest BCUT2D eigenvalue weighted by atomic mass is 79.9. The lowest BCUT2D eigenvalue weighted by molar-refractivity contribution is -0.117. The predicted octanol–water partition coefficient (Wildman–Crippen LogP) is 3.28. The van der Waals surface area contributed by atoms with Gasteiger partial charge >= 0.3 is 0 Å². The number of carbonyl (C=O) groups is 1. The van der Waals surface area contributed by atoms with Gasteiger partial charge in [-0.1, -0.05) is 15.9 Å². The van der Waals surface area contributed by atoms with E-state index in [2.05, 4.69) is 31.2 Å². The summed E-state index contributed by atoms with van der Waals surface area (Å²) in [6.45, 7) is 1.93. The lowest BCUT2D eigenvalue weighted by Crippen LogP contribution is -2.27. The number of aromatic nitrogens is 1. The fraction of sp³-hybridized carbons (Fsp3) is 0.214. The van der Waals surface area contributed by atoms with Gasteiger partial charge in [0.25, 0.3) is 0 Å². The second-order valence-corrected chi connectivity index (χ2v) is 6.43. The molecule has 1 atom stereocenters. The number of anilines is 1. The fourth-order valence-corrected chi connectivity index (χ4v) is 3.18. The lowest BCUT2D eigenvalue weighted by Gasteiger charge is -2.09. The number of rotatable bonds is 2. The predicted molar refractivity (Wildman–Crippen MR) is 84.6 cm³/mol. The van der Waals surface area contributed by atoms with Crippen LogP contribution in [-0.4, -0.2) is 22.6 Å². The Kier molecular flexibility index (Phi) is 3.67. The molecule has 0 saturated carbocycles. The Morgan fingerprint density at radius 2 is 2.30 bits per heavy atom. The number of fused-ring (bicyclic) bond motifs is 1. The molecule has 3 rings (SSSR count). The third kappa shape index (κ3) is 2.66. The van der Waals surface area contributed by atoms with E-state index in [9.17, 15) is 4.79 Å². The van der Waals surface area contributed by atoms with E-state index >= 15 is 0 Å². The van der Waals surface area contributed by atoms with Crippen LogP contribution in [0.5, 0.6) is 0 Å². The molecule has 20 heavy (non-hydrogen) atoms. The molecule has 0 radical (unpaired) electrons. The number of thiazole rings is 1. The summed E-state index contributed by atoms with van der Waals surface area (Å²) in [4.78, 5) is 21.1. The van der Waals surface area contributed by atoms with E-state index in [1.807, 2.05) is 30.5 Å². The zero-order chi connectivity index (χ0) is 14.1. The van der Waals surface area contributed by atoms with Crippen molar-refractivity contribution in [2.45, 2.75) is 19.4 Å². The minimum absolute atomic E-state index is 0.0828. The Morgan fingerprint density at radius 3 is 3.05 bits per heavy atom. The molecule has 0 spiro atoms. The molecule has 2 heterocycles. The van der Waals surface area contributed by atoms with Gasteiger partial charge in [0, 0.05) is 39.4 Å². The van der Waals surface area contributed by atoms with Gasteiger partial charge in [0.15, 0.2) is 0 Å². The van der Waals surface area contributed by atoms with Crippen LogP contribution in [0.4, 0.5) is 5.69 Å². The van der Waals surface area contributed by atoms with Crippen molar-refractivity contribution in [3.05, 3.63) is 44.8 Å². The number of nitrogens with one attached hydrogen (secondary N) is 1. The summed E-state index contributed by atoms with van der Waals surface area (Å²) in [5, 5.41) is 5.78. The van der Waals surface area contributed by atoms with Crippen LogP contribution < -0.4 is 5.32 Å². The van der Waals surface area contributed by atoms with E-state index < -0.39 is 6.04 Å². The van der Waals surface area contributed by atoms with E-state index in [0.717, 1.165) is 26.4 Å². The summed E-state index contributed by atoms with van der Waals surface area (Å²) in [5.41, 5.74) is 2.62. The van der Waals surface area contributed by atoms with Crippen molar-refractivity contribution in [1.29, 1.82) is 0 Å². The molecule has 6 heteroatoms. The summed E-state index contributed by atoms with van der Waals surface area (Å²) in [6.07, 6.45) is 2.28. The molecule has 1 amide bonds. The summed E-state index contributed by atoms with van der Waals surface area (Å²) in [5.74, 6) is -0.0828. The van der Waals surface area contributed by atoms with Crippen molar-refractivity contribution in [2.75, 3.05) is 5.32 Å². The second kappa shape index (κ2) is 5.46. The molecule has 1 unspecified atom stereocenters. The third-order valence-electron chi connectivity index (χ3n) is 3.13. The Hall–Kier alpha value is -1.53. The maximum atomic E-state index is 12.3. The molecule has 0 saturated heterocycles. The van der Waals surface area contributed by atoms with Gasteiger partial charge in [-0.15, -0.1) is 11.3 Å². The minimum Gasteiger partial charge on any atom is -0.324 e. The molecule has 1 N–H and O–H groups in total. The zero-order valence-electron chi connectivity index (χ0n) is 10.8. The van der Waals surface area contributed by atoms with E-state index in [1.165, 1.54) is 0 Å². The maximum Gasteiger partial charge on any atom is 0.249 e. The quantitative estimate of drug-likeness (QED) is 0.904. The minimum atomic E-state index is -0.424. The van der Waals surface area contributed by atoms with Crippen LogP contribution in [0.15, 0.2) is 39.2 Å². The third-order valence-corrected chi connectivity index (χ3v) is 4.43. The topological polar surface area (TPSA) is 54.4 Å². The van der Waals surface area contributed by atoms with Crippen LogP contribution >= 0.6 is 27.3 Å². The van der Waals surface area contributed by atoms with E-state index in [-0.39, 0.29) is 5.91 Å². The lowest BCUT2D eigenvalue weighted by atomic mass is 10.1. The second-order valence-electron chi connectivity index (χ2n) is 4.54. The summed E-state index contributed by atoms with van der Waals surface area (Å²) in [7, 11) is 0. The normalized spacial score (nSPS) is 18.0. The maximum absolute atomic E-state index is 12.3. The number of nitrogens with zero attached hydrogens (tertiary/aromatic N) is 2. The number of hydrogen-bond donors (Lipinski definition) is 1. The summed E-state index contributed by atoms with van der Waals surface area (Å²) in [6, 6.07) is 5.35. The molecule has 1 aromatic heterocycles. The number of amides is 1. The molecule has 102 valence electrons. The molecule has 1 aliphatic heterocycles. The van der Waals surface area contributed by atoms with Crippen molar-refractivity contribution >= 4 is 44.6 Å². The number of halogens is 1. The molecule has 0 bridgehead atoms. The highest BCUT2D eigenvalue weighted by molar-refractivity contribution is 9.10. The molecular formula is C14H12BrN3OS. The first-order valence-corrected chi connectivity index (χ1v) is 7.84. The Morgan fingerprint density at radius 1 is 1.45 bits per heavy atom. The van der Waals surface area contributed by atoms with E-state index in [1.54, 1.807) is 17.5 Å². The van der Waals surface area contributed by atoms with Crippen LogP contribution in [-0.2, 0) is 11.2 Å². The molecule has 1 aromatic carbocycles. The first kappa shape index (κ1) is 13.5. The van der Waals surface area contributed by atoms with E-state index in [4.69, 9.17) is 0 Å². The largest absolute Gasteiger partial charge is 0.324 e. The van der Waals surface area contributed by atoms with Crippen molar-refractivity contribution in [3.63, 3.8) is 0 Å². The zero-order valence-corrected chi connectivity index (χ0v) is 13.2. The number of aliphatic imine (C=N–C) groups is 1. The van der Waals surface area contributed by atoms with Crippen molar-refractivity contribution < 1.29 is 4.79 Å². The highest BCUT2D eigenvalue weighted by Gasteiger charge is 2.24. The van der Waals surface area contributed by atoms with Crippen molar-refractivity contribution in [3.8, 4) is 0 Å². The number of benzene rings is 1. The monoisotopic (exact) mass is 349 g/mol. The van der Waals surface area contributed by atoms with Gasteiger partial charge in [0.2, 0.25) is 5.91 Å². The van der Waals surface area contributed by atoms with Crippen LogP contribution in [0.3, 0.4) is 0 Å². The average molecular weight is 350 g/mol. The molecule has 0 aliphatic carbocycles. The standard InChI is InChI=1S/C14H12BrN3OS/c1-8-10-6-9(15)2-3-11(10)18-14(19)12(17-8)7-13-16-4-5-20-13/h2-6,12H,7H2,1H3,(H,18,19). The highest BCUT2D eigenvalue weighted by Crippen LogP contribution is 2.25. The van der Waals surface area contributed by atoms with Crippen LogP contribution in [0.1, 0.15) is 17.5 Å². The fourth-order valence-electron chi connectivity index (χ4n) is 2.16.